The summed E-state index contributed by atoms with van der Waals surface area (Å²) in [5.74, 6) is -1.17. The van der Waals surface area contributed by atoms with Crippen LogP contribution >= 0.6 is 0 Å². The Kier molecular flexibility index (Phi) is 8.91. The lowest BCUT2D eigenvalue weighted by molar-refractivity contribution is -0.146. The average molecular weight is 394 g/mol. The Labute approximate surface area is 165 Å². The molecule has 0 aliphatic heterocycles. The van der Waals surface area contributed by atoms with Crippen molar-refractivity contribution in [2.45, 2.75) is 65.0 Å². The van der Waals surface area contributed by atoms with Gasteiger partial charge < -0.3 is 24.8 Å². The quantitative estimate of drug-likeness (QED) is 0.655. The molecule has 0 unspecified atom stereocenters. The van der Waals surface area contributed by atoms with E-state index < -0.39 is 41.8 Å². The number of rotatable bonds is 8. The molecule has 8 nitrogen and oxygen atoms in total. The fourth-order valence-electron chi connectivity index (χ4n) is 2.45. The first-order valence-corrected chi connectivity index (χ1v) is 9.06. The van der Waals surface area contributed by atoms with Crippen LogP contribution in [0.3, 0.4) is 0 Å². The van der Waals surface area contributed by atoms with Crippen molar-refractivity contribution in [1.82, 2.24) is 10.6 Å². The molecule has 2 amide bonds. The molecule has 0 radical (unpaired) electrons. The van der Waals surface area contributed by atoms with Gasteiger partial charge in [-0.1, -0.05) is 30.3 Å². The van der Waals surface area contributed by atoms with E-state index in [0.29, 0.717) is 0 Å². The van der Waals surface area contributed by atoms with Gasteiger partial charge >= 0.3 is 12.1 Å². The van der Waals surface area contributed by atoms with Gasteiger partial charge in [0.25, 0.3) is 0 Å². The molecular weight excluding hydrogens is 364 g/mol. The summed E-state index contributed by atoms with van der Waals surface area (Å²) in [7, 11) is 1.23. The lowest BCUT2D eigenvalue weighted by Gasteiger charge is -2.31. The third-order valence-corrected chi connectivity index (χ3v) is 3.69. The highest BCUT2D eigenvalue weighted by Crippen LogP contribution is 2.14. The van der Waals surface area contributed by atoms with Crippen molar-refractivity contribution in [3.05, 3.63) is 35.9 Å². The fraction of sp³-hybridized carbons (Fsp3) is 0.550. The summed E-state index contributed by atoms with van der Waals surface area (Å²) in [5, 5.41) is 5.03. The summed E-state index contributed by atoms with van der Waals surface area (Å²) in [6, 6.07) is 7.24. The van der Waals surface area contributed by atoms with Gasteiger partial charge in [0, 0.05) is 0 Å². The van der Waals surface area contributed by atoms with Crippen molar-refractivity contribution < 1.29 is 28.6 Å². The first-order chi connectivity index (χ1) is 13.0. The topological polar surface area (TPSA) is 103 Å². The monoisotopic (exact) mass is 394 g/mol. The number of nitrogens with one attached hydrogen (secondary N) is 2. The summed E-state index contributed by atoms with van der Waals surface area (Å²) < 4.78 is 15.6. The van der Waals surface area contributed by atoms with Crippen LogP contribution in [0.4, 0.5) is 4.79 Å². The molecule has 0 aliphatic carbocycles. The number of benzene rings is 1. The van der Waals surface area contributed by atoms with Gasteiger partial charge in [-0.25, -0.2) is 9.59 Å². The van der Waals surface area contributed by atoms with E-state index in [1.165, 1.54) is 14.0 Å². The zero-order valence-corrected chi connectivity index (χ0v) is 17.3. The maximum Gasteiger partial charge on any atom is 0.408 e. The fourth-order valence-corrected chi connectivity index (χ4v) is 2.45. The Balaban J connectivity index is 2.79. The van der Waals surface area contributed by atoms with E-state index in [-0.39, 0.29) is 6.61 Å². The van der Waals surface area contributed by atoms with Crippen molar-refractivity contribution in [3.8, 4) is 0 Å². The second kappa shape index (κ2) is 10.7. The van der Waals surface area contributed by atoms with Gasteiger partial charge in [-0.2, -0.15) is 0 Å². The number of ether oxygens (including phenoxy) is 3. The van der Waals surface area contributed by atoms with Gasteiger partial charge in [0.2, 0.25) is 5.91 Å². The predicted octanol–water partition coefficient (Wildman–Crippen LogP) is 2.16. The molecule has 0 aliphatic rings. The lowest BCUT2D eigenvalue weighted by Crippen LogP contribution is -2.56. The van der Waals surface area contributed by atoms with Crippen molar-refractivity contribution in [2.75, 3.05) is 7.11 Å². The van der Waals surface area contributed by atoms with Gasteiger partial charge in [-0.05, 0) is 40.2 Å². The van der Waals surface area contributed by atoms with E-state index in [9.17, 15) is 14.4 Å². The summed E-state index contributed by atoms with van der Waals surface area (Å²) in [6.45, 7) is 8.73. The van der Waals surface area contributed by atoms with E-state index in [2.05, 4.69) is 15.4 Å². The minimum Gasteiger partial charge on any atom is -0.467 e. The first-order valence-electron chi connectivity index (χ1n) is 9.06. The van der Waals surface area contributed by atoms with Crippen LogP contribution in [0.25, 0.3) is 0 Å². The third kappa shape index (κ3) is 8.39. The van der Waals surface area contributed by atoms with Crippen LogP contribution in [0.5, 0.6) is 0 Å². The van der Waals surface area contributed by atoms with E-state index >= 15 is 0 Å². The average Bonchev–Trinajstić information content (AvgIpc) is 2.62. The van der Waals surface area contributed by atoms with Gasteiger partial charge in [0.05, 0.1) is 18.8 Å². The maximum absolute atomic E-state index is 12.6. The van der Waals surface area contributed by atoms with E-state index in [1.54, 1.807) is 6.92 Å². The molecule has 1 aromatic carbocycles. The Bertz CT molecular complexity index is 656. The van der Waals surface area contributed by atoms with Crippen molar-refractivity contribution in [1.29, 1.82) is 0 Å². The zero-order valence-electron chi connectivity index (χ0n) is 17.3. The number of methoxy groups -OCH3 is 1. The first kappa shape index (κ1) is 23.4. The molecule has 1 aromatic rings. The Morgan fingerprint density at radius 3 is 2.18 bits per heavy atom. The van der Waals surface area contributed by atoms with Gasteiger partial charge in [0.15, 0.2) is 0 Å². The summed E-state index contributed by atoms with van der Waals surface area (Å²) >= 11 is 0. The van der Waals surface area contributed by atoms with E-state index in [1.807, 2.05) is 51.1 Å². The van der Waals surface area contributed by atoms with Crippen molar-refractivity contribution in [3.63, 3.8) is 0 Å². The molecule has 0 bridgehead atoms. The number of amides is 2. The third-order valence-electron chi connectivity index (χ3n) is 3.69. The highest BCUT2D eigenvalue weighted by Gasteiger charge is 2.32. The van der Waals surface area contributed by atoms with Gasteiger partial charge in [-0.15, -0.1) is 0 Å². The minimum atomic E-state index is -1.06. The van der Waals surface area contributed by atoms with Crippen molar-refractivity contribution >= 4 is 18.0 Å². The zero-order chi connectivity index (χ0) is 21.3. The van der Waals surface area contributed by atoms with Crippen LogP contribution in [0.2, 0.25) is 0 Å². The second-order valence-electron chi connectivity index (χ2n) is 7.37. The molecule has 2 N–H and O–H groups in total. The van der Waals surface area contributed by atoms with E-state index in [4.69, 9.17) is 9.47 Å². The minimum absolute atomic E-state index is 0.0636. The molecule has 0 heterocycles. The summed E-state index contributed by atoms with van der Waals surface area (Å²) in [4.78, 5) is 36.4. The normalized spacial score (nSPS) is 14.4. The Morgan fingerprint density at radius 2 is 1.64 bits per heavy atom. The van der Waals surface area contributed by atoms with E-state index in [0.717, 1.165) is 5.56 Å². The van der Waals surface area contributed by atoms with Gasteiger partial charge in [-0.3, -0.25) is 4.79 Å². The highest BCUT2D eigenvalue weighted by atomic mass is 16.6. The van der Waals surface area contributed by atoms with Gasteiger partial charge in [0.1, 0.15) is 18.7 Å². The van der Waals surface area contributed by atoms with Crippen LogP contribution in [-0.4, -0.2) is 48.9 Å². The Morgan fingerprint density at radius 1 is 1.04 bits per heavy atom. The molecule has 8 heteroatoms. The number of esters is 1. The predicted molar refractivity (Wildman–Crippen MR) is 103 cm³/mol. The molecule has 28 heavy (non-hydrogen) atoms. The molecule has 0 fully saturated rings. The molecule has 156 valence electrons. The Hall–Kier alpha value is -2.61. The smallest absolute Gasteiger partial charge is 0.408 e. The highest BCUT2D eigenvalue weighted by molar-refractivity contribution is 5.89. The number of carbonyl (C=O) groups is 3. The van der Waals surface area contributed by atoms with Crippen LogP contribution in [-0.2, 0) is 30.4 Å². The standard InChI is InChI=1S/C20H30N2O6/c1-13(18(24)26-6)21-17(23)16(14(2)28-20(3,4)5)22-19(25)27-12-15-10-8-7-9-11-15/h7-11,13-14,16H,12H2,1-6H3,(H,21,23)(H,22,25)/t13-,14+,16-/m0/s1. The number of carbonyl (C=O) groups excluding carboxylic acids is 3. The second-order valence-corrected chi connectivity index (χ2v) is 7.37. The molecule has 0 aromatic heterocycles. The molecule has 1 rings (SSSR count). The largest absolute Gasteiger partial charge is 0.467 e. The maximum atomic E-state index is 12.6. The summed E-state index contributed by atoms with van der Waals surface area (Å²) in [5.41, 5.74) is 0.276. The van der Waals surface area contributed by atoms with Crippen LogP contribution in [0.1, 0.15) is 40.2 Å². The molecule has 0 saturated heterocycles. The molecule has 3 atom stereocenters. The molecule has 0 saturated carbocycles. The number of alkyl carbamates (subject to hydrolysis) is 1. The SMILES string of the molecule is COC(=O)[C@H](C)NC(=O)[C@@H](NC(=O)OCc1ccccc1)[C@@H](C)OC(C)(C)C. The summed E-state index contributed by atoms with van der Waals surface area (Å²) in [6.07, 6.45) is -1.44. The number of hydrogen-bond donors (Lipinski definition) is 2. The van der Waals surface area contributed by atoms with Crippen molar-refractivity contribution in [2.24, 2.45) is 0 Å². The van der Waals surface area contributed by atoms with Crippen LogP contribution in [0.15, 0.2) is 30.3 Å². The van der Waals surface area contributed by atoms with Crippen LogP contribution < -0.4 is 10.6 Å². The molecule has 0 spiro atoms. The molecular formula is C20H30N2O6. The van der Waals surface area contributed by atoms with Crippen LogP contribution in [0, 0.1) is 0 Å². The number of hydrogen-bond acceptors (Lipinski definition) is 6. The lowest BCUT2D eigenvalue weighted by atomic mass is 10.1.